The molecule has 1 spiro atoms. The average molecular weight is 322 g/mol. The summed E-state index contributed by atoms with van der Waals surface area (Å²) in [5, 5.41) is 11.4. The topological polar surface area (TPSA) is 75.6 Å². The van der Waals surface area contributed by atoms with E-state index in [-0.39, 0.29) is 5.79 Å². The fraction of sp³-hybridized carbons (Fsp3) is 0.800. The maximum absolute atomic E-state index is 5.76. The van der Waals surface area contributed by atoms with Gasteiger partial charge in [0, 0.05) is 32.5 Å². The summed E-state index contributed by atoms with van der Waals surface area (Å²) in [7, 11) is 4.14. The van der Waals surface area contributed by atoms with Crippen molar-refractivity contribution in [1.82, 2.24) is 20.1 Å². The van der Waals surface area contributed by atoms with Crippen molar-refractivity contribution in [2.75, 3.05) is 63.7 Å². The van der Waals surface area contributed by atoms with E-state index < -0.39 is 0 Å². The SMILES string of the molecule is CN(C)CCCNc1nncc(N2CCC3(CC2)OCCO3)n1. The first-order valence-corrected chi connectivity index (χ1v) is 8.28. The number of ether oxygens (including phenoxy) is 2. The van der Waals surface area contributed by atoms with Gasteiger partial charge in [0.05, 0.1) is 19.4 Å². The van der Waals surface area contributed by atoms with Gasteiger partial charge in [0.2, 0.25) is 5.95 Å². The molecule has 1 aromatic heterocycles. The van der Waals surface area contributed by atoms with Crippen LogP contribution >= 0.6 is 0 Å². The van der Waals surface area contributed by atoms with Crippen LogP contribution in [0.4, 0.5) is 11.8 Å². The van der Waals surface area contributed by atoms with Gasteiger partial charge >= 0.3 is 0 Å². The minimum absolute atomic E-state index is 0.357. The van der Waals surface area contributed by atoms with Crippen molar-refractivity contribution >= 4 is 11.8 Å². The number of rotatable bonds is 6. The van der Waals surface area contributed by atoms with Gasteiger partial charge in [-0.05, 0) is 27.1 Å². The molecule has 0 bridgehead atoms. The summed E-state index contributed by atoms with van der Waals surface area (Å²) in [6.45, 7) is 5.01. The van der Waals surface area contributed by atoms with E-state index in [0.717, 1.165) is 51.3 Å². The summed E-state index contributed by atoms with van der Waals surface area (Å²) in [4.78, 5) is 8.95. The molecule has 0 aliphatic carbocycles. The first-order chi connectivity index (χ1) is 11.2. The van der Waals surface area contributed by atoms with Gasteiger partial charge in [0.15, 0.2) is 11.6 Å². The largest absolute Gasteiger partial charge is 0.355 e. The monoisotopic (exact) mass is 322 g/mol. The van der Waals surface area contributed by atoms with Gasteiger partial charge in [0.25, 0.3) is 0 Å². The minimum Gasteiger partial charge on any atom is -0.355 e. The Morgan fingerprint density at radius 3 is 2.70 bits per heavy atom. The van der Waals surface area contributed by atoms with Crippen molar-refractivity contribution < 1.29 is 9.47 Å². The van der Waals surface area contributed by atoms with Crippen LogP contribution in [0.15, 0.2) is 6.20 Å². The molecule has 2 aliphatic heterocycles. The lowest BCUT2D eigenvalue weighted by atomic mass is 10.0. The zero-order chi connectivity index (χ0) is 16.1. The predicted octanol–water partition coefficient (Wildman–Crippen LogP) is 0.579. The molecule has 0 amide bonds. The van der Waals surface area contributed by atoms with Gasteiger partial charge < -0.3 is 24.6 Å². The van der Waals surface area contributed by atoms with Crippen LogP contribution in [0.2, 0.25) is 0 Å². The van der Waals surface area contributed by atoms with Gasteiger partial charge in [-0.3, -0.25) is 0 Å². The third-order valence-corrected chi connectivity index (χ3v) is 4.27. The molecule has 0 unspecified atom stereocenters. The zero-order valence-corrected chi connectivity index (χ0v) is 14.0. The summed E-state index contributed by atoms with van der Waals surface area (Å²) in [6.07, 6.45) is 4.49. The molecule has 1 aromatic rings. The second-order valence-electron chi connectivity index (χ2n) is 6.32. The molecular weight excluding hydrogens is 296 g/mol. The van der Waals surface area contributed by atoms with Crippen molar-refractivity contribution in [3.05, 3.63) is 6.20 Å². The van der Waals surface area contributed by atoms with Gasteiger partial charge in [-0.2, -0.15) is 10.1 Å². The van der Waals surface area contributed by atoms with Crippen LogP contribution in [-0.2, 0) is 9.47 Å². The third-order valence-electron chi connectivity index (χ3n) is 4.27. The van der Waals surface area contributed by atoms with E-state index in [1.165, 1.54) is 0 Å². The molecule has 0 radical (unpaired) electrons. The first kappa shape index (κ1) is 16.4. The van der Waals surface area contributed by atoms with E-state index in [1.54, 1.807) is 6.20 Å². The molecule has 8 heteroatoms. The number of hydrogen-bond donors (Lipinski definition) is 1. The molecule has 0 atom stereocenters. The smallest absolute Gasteiger partial charge is 0.244 e. The van der Waals surface area contributed by atoms with Crippen molar-refractivity contribution in [2.24, 2.45) is 0 Å². The Kier molecular flexibility index (Phi) is 5.24. The molecule has 8 nitrogen and oxygen atoms in total. The molecule has 128 valence electrons. The summed E-state index contributed by atoms with van der Waals surface area (Å²) in [5.74, 6) is 1.10. The van der Waals surface area contributed by atoms with Crippen LogP contribution in [0.1, 0.15) is 19.3 Å². The molecule has 23 heavy (non-hydrogen) atoms. The van der Waals surface area contributed by atoms with Gasteiger partial charge in [-0.15, -0.1) is 5.10 Å². The Morgan fingerprint density at radius 1 is 1.26 bits per heavy atom. The lowest BCUT2D eigenvalue weighted by molar-refractivity contribution is -0.169. The van der Waals surface area contributed by atoms with Crippen molar-refractivity contribution in [3.63, 3.8) is 0 Å². The second kappa shape index (κ2) is 7.37. The maximum atomic E-state index is 5.76. The summed E-state index contributed by atoms with van der Waals surface area (Å²) in [6, 6.07) is 0. The van der Waals surface area contributed by atoms with Gasteiger partial charge in [-0.25, -0.2) is 0 Å². The predicted molar refractivity (Wildman–Crippen MR) is 87.6 cm³/mol. The molecule has 2 saturated heterocycles. The van der Waals surface area contributed by atoms with Crippen molar-refractivity contribution in [1.29, 1.82) is 0 Å². The Labute approximate surface area is 137 Å². The first-order valence-electron chi connectivity index (χ1n) is 8.28. The standard InChI is InChI=1S/C15H26N6O2/c1-20(2)7-3-6-16-14-18-13(12-17-19-14)21-8-4-15(5-9-21)22-10-11-23-15/h12H,3-11H2,1-2H3,(H,16,18,19). The Balaban J connectivity index is 1.51. The van der Waals surface area contributed by atoms with E-state index in [2.05, 4.69) is 44.4 Å². The molecule has 3 rings (SSSR count). The minimum atomic E-state index is -0.357. The maximum Gasteiger partial charge on any atom is 0.244 e. The van der Waals surface area contributed by atoms with Gasteiger partial charge in [-0.1, -0.05) is 0 Å². The Bertz CT molecular complexity index is 496. The van der Waals surface area contributed by atoms with Crippen LogP contribution in [0, 0.1) is 0 Å². The van der Waals surface area contributed by atoms with E-state index >= 15 is 0 Å². The zero-order valence-electron chi connectivity index (χ0n) is 14.0. The molecule has 2 aliphatic rings. The van der Waals surface area contributed by atoms with Crippen LogP contribution in [0.3, 0.4) is 0 Å². The average Bonchev–Trinajstić information content (AvgIpc) is 3.01. The van der Waals surface area contributed by atoms with Gasteiger partial charge in [0.1, 0.15) is 0 Å². The lowest BCUT2D eigenvalue weighted by Gasteiger charge is -2.37. The van der Waals surface area contributed by atoms with Crippen molar-refractivity contribution in [2.45, 2.75) is 25.0 Å². The fourth-order valence-electron chi connectivity index (χ4n) is 2.98. The molecule has 3 heterocycles. The van der Waals surface area contributed by atoms with E-state index in [0.29, 0.717) is 19.2 Å². The Morgan fingerprint density at radius 2 is 2.00 bits per heavy atom. The number of aromatic nitrogens is 3. The molecular formula is C15H26N6O2. The highest BCUT2D eigenvalue weighted by Crippen LogP contribution is 2.32. The van der Waals surface area contributed by atoms with Crippen LogP contribution in [-0.4, -0.2) is 79.4 Å². The lowest BCUT2D eigenvalue weighted by Crippen LogP contribution is -2.45. The highest BCUT2D eigenvalue weighted by Gasteiger charge is 2.40. The highest BCUT2D eigenvalue weighted by molar-refractivity contribution is 5.40. The van der Waals surface area contributed by atoms with Crippen LogP contribution < -0.4 is 10.2 Å². The Hall–Kier alpha value is -1.51. The van der Waals surface area contributed by atoms with E-state index in [1.807, 2.05) is 0 Å². The van der Waals surface area contributed by atoms with Crippen LogP contribution in [0.5, 0.6) is 0 Å². The number of nitrogens with one attached hydrogen (secondary N) is 1. The summed E-state index contributed by atoms with van der Waals surface area (Å²) >= 11 is 0. The summed E-state index contributed by atoms with van der Waals surface area (Å²) in [5.41, 5.74) is 0. The summed E-state index contributed by atoms with van der Waals surface area (Å²) < 4.78 is 11.5. The molecule has 0 saturated carbocycles. The quantitative estimate of drug-likeness (QED) is 0.762. The fourth-order valence-corrected chi connectivity index (χ4v) is 2.98. The molecule has 1 N–H and O–H groups in total. The number of piperidine rings is 1. The third kappa shape index (κ3) is 4.27. The molecule has 0 aromatic carbocycles. The second-order valence-corrected chi connectivity index (χ2v) is 6.32. The highest BCUT2D eigenvalue weighted by atomic mass is 16.7. The normalized spacial score (nSPS) is 20.4. The van der Waals surface area contributed by atoms with Crippen LogP contribution in [0.25, 0.3) is 0 Å². The van der Waals surface area contributed by atoms with E-state index in [4.69, 9.17) is 9.47 Å². The van der Waals surface area contributed by atoms with Crippen molar-refractivity contribution in [3.8, 4) is 0 Å². The van der Waals surface area contributed by atoms with E-state index in [9.17, 15) is 0 Å². The number of hydrogen-bond acceptors (Lipinski definition) is 8. The number of nitrogens with zero attached hydrogens (tertiary/aromatic N) is 5. The molecule has 2 fully saturated rings. The number of anilines is 2.